The number of aryl methyl sites for hydroxylation is 1. The fraction of sp³-hybridized carbons (Fsp3) is 0.375. The van der Waals surface area contributed by atoms with Gasteiger partial charge in [0.15, 0.2) is 0 Å². The molecule has 1 unspecified atom stereocenters. The van der Waals surface area contributed by atoms with Crippen LogP contribution in [0.4, 0.5) is 0 Å². The van der Waals surface area contributed by atoms with Crippen molar-refractivity contribution in [1.82, 2.24) is 9.88 Å². The second kappa shape index (κ2) is 5.60. The van der Waals surface area contributed by atoms with Crippen molar-refractivity contribution in [3.05, 3.63) is 57.9 Å². The highest BCUT2D eigenvalue weighted by Crippen LogP contribution is 2.33. The number of nitrogens with one attached hydrogen (secondary N) is 1. The van der Waals surface area contributed by atoms with Gasteiger partial charge in [0.05, 0.1) is 12.3 Å². The quantitative estimate of drug-likeness (QED) is 0.942. The molecule has 0 spiro atoms. The Bertz CT molecular complexity index is 688. The van der Waals surface area contributed by atoms with Crippen LogP contribution in [-0.2, 0) is 6.42 Å². The van der Waals surface area contributed by atoms with Gasteiger partial charge in [-0.05, 0) is 37.5 Å². The second-order valence-corrected chi connectivity index (χ2v) is 5.28. The van der Waals surface area contributed by atoms with E-state index in [4.69, 9.17) is 4.42 Å². The summed E-state index contributed by atoms with van der Waals surface area (Å²) >= 11 is 0. The van der Waals surface area contributed by atoms with E-state index in [0.29, 0.717) is 18.5 Å². The number of H-pyrrole nitrogens is 1. The van der Waals surface area contributed by atoms with E-state index in [1.54, 1.807) is 17.2 Å². The Morgan fingerprint density at radius 1 is 1.48 bits per heavy atom. The fourth-order valence-corrected chi connectivity index (χ4v) is 2.87. The van der Waals surface area contributed by atoms with Gasteiger partial charge in [-0.25, -0.2) is 0 Å². The van der Waals surface area contributed by atoms with E-state index in [0.717, 1.165) is 24.3 Å². The molecule has 1 fully saturated rings. The van der Waals surface area contributed by atoms with E-state index >= 15 is 0 Å². The summed E-state index contributed by atoms with van der Waals surface area (Å²) in [5.41, 5.74) is 1.00. The SMILES string of the molecule is CCc1cc(C(=O)N2CCCC2c2ccco2)cc(=O)[nH]1. The number of aromatic nitrogens is 1. The summed E-state index contributed by atoms with van der Waals surface area (Å²) < 4.78 is 5.44. The van der Waals surface area contributed by atoms with Crippen LogP contribution in [0, 0.1) is 0 Å². The highest BCUT2D eigenvalue weighted by molar-refractivity contribution is 5.94. The van der Waals surface area contributed by atoms with Crippen LogP contribution in [-0.4, -0.2) is 22.3 Å². The predicted octanol–water partition coefficient (Wildman–Crippen LogP) is 2.51. The zero-order valence-electron chi connectivity index (χ0n) is 12.0. The first-order chi connectivity index (χ1) is 10.2. The molecule has 5 nitrogen and oxygen atoms in total. The maximum absolute atomic E-state index is 12.7. The first kappa shape index (κ1) is 13.7. The molecule has 3 rings (SSSR count). The molecule has 1 atom stereocenters. The van der Waals surface area contributed by atoms with Crippen LogP contribution < -0.4 is 5.56 Å². The van der Waals surface area contributed by atoms with Crippen molar-refractivity contribution in [2.45, 2.75) is 32.2 Å². The van der Waals surface area contributed by atoms with E-state index in [1.807, 2.05) is 19.1 Å². The van der Waals surface area contributed by atoms with Gasteiger partial charge in [-0.2, -0.15) is 0 Å². The molecule has 110 valence electrons. The zero-order chi connectivity index (χ0) is 14.8. The van der Waals surface area contributed by atoms with Crippen LogP contribution in [0.2, 0.25) is 0 Å². The minimum absolute atomic E-state index is 0.0307. The highest BCUT2D eigenvalue weighted by Gasteiger charge is 2.32. The average Bonchev–Trinajstić information content (AvgIpc) is 3.16. The second-order valence-electron chi connectivity index (χ2n) is 5.28. The van der Waals surface area contributed by atoms with Crippen molar-refractivity contribution in [1.29, 1.82) is 0 Å². The molecule has 2 aromatic heterocycles. The zero-order valence-corrected chi connectivity index (χ0v) is 12.0. The number of carbonyl (C=O) groups excluding carboxylic acids is 1. The van der Waals surface area contributed by atoms with Crippen LogP contribution in [0.5, 0.6) is 0 Å². The Balaban J connectivity index is 1.91. The number of likely N-dealkylation sites (tertiary alicyclic amines) is 1. The molecule has 1 aliphatic heterocycles. The standard InChI is InChI=1S/C16H18N2O3/c1-2-12-9-11(10-15(19)17-12)16(20)18-7-3-5-13(18)14-6-4-8-21-14/h4,6,8-10,13H,2-3,5,7H2,1H3,(H,17,19). The predicted molar refractivity (Wildman–Crippen MR) is 78.2 cm³/mol. The smallest absolute Gasteiger partial charge is 0.254 e. The van der Waals surface area contributed by atoms with Crippen molar-refractivity contribution in [2.24, 2.45) is 0 Å². The van der Waals surface area contributed by atoms with E-state index < -0.39 is 0 Å². The Hall–Kier alpha value is -2.30. The van der Waals surface area contributed by atoms with Crippen molar-refractivity contribution < 1.29 is 9.21 Å². The Morgan fingerprint density at radius 2 is 2.33 bits per heavy atom. The third-order valence-corrected chi connectivity index (χ3v) is 3.91. The number of nitrogens with zero attached hydrogens (tertiary/aromatic N) is 1. The first-order valence-corrected chi connectivity index (χ1v) is 7.26. The van der Waals surface area contributed by atoms with Crippen molar-refractivity contribution in [2.75, 3.05) is 6.54 Å². The molecule has 0 radical (unpaired) electrons. The molecule has 0 bridgehead atoms. The van der Waals surface area contributed by atoms with Gasteiger partial charge in [0.25, 0.3) is 5.91 Å². The molecule has 3 heterocycles. The molecule has 2 aromatic rings. The molecule has 0 aliphatic carbocycles. The fourth-order valence-electron chi connectivity index (χ4n) is 2.87. The monoisotopic (exact) mass is 286 g/mol. The highest BCUT2D eigenvalue weighted by atomic mass is 16.3. The van der Waals surface area contributed by atoms with E-state index in [9.17, 15) is 9.59 Å². The number of aromatic amines is 1. The molecule has 1 amide bonds. The molecule has 21 heavy (non-hydrogen) atoms. The number of hydrogen-bond acceptors (Lipinski definition) is 3. The number of pyridine rings is 1. The van der Waals surface area contributed by atoms with Crippen molar-refractivity contribution in [3.63, 3.8) is 0 Å². The molecule has 1 saturated heterocycles. The third-order valence-electron chi connectivity index (χ3n) is 3.91. The van der Waals surface area contributed by atoms with Gasteiger partial charge in [-0.1, -0.05) is 6.92 Å². The lowest BCUT2D eigenvalue weighted by Gasteiger charge is -2.23. The van der Waals surface area contributed by atoms with E-state index in [1.165, 1.54) is 6.07 Å². The summed E-state index contributed by atoms with van der Waals surface area (Å²) in [4.78, 5) is 28.9. The maximum atomic E-state index is 12.7. The number of amides is 1. The van der Waals surface area contributed by atoms with Gasteiger partial charge in [0, 0.05) is 23.9 Å². The van der Waals surface area contributed by atoms with Crippen molar-refractivity contribution >= 4 is 5.91 Å². The molecular weight excluding hydrogens is 268 g/mol. The van der Waals surface area contributed by atoms with Gasteiger partial charge in [0.2, 0.25) is 5.56 Å². The molecule has 0 saturated carbocycles. The van der Waals surface area contributed by atoms with Gasteiger partial charge in [0.1, 0.15) is 5.76 Å². The van der Waals surface area contributed by atoms with Crippen molar-refractivity contribution in [3.8, 4) is 0 Å². The number of furan rings is 1. The lowest BCUT2D eigenvalue weighted by Crippen LogP contribution is -2.31. The maximum Gasteiger partial charge on any atom is 0.254 e. The molecule has 0 aromatic carbocycles. The molecule has 1 aliphatic rings. The summed E-state index contributed by atoms with van der Waals surface area (Å²) in [6.07, 6.45) is 4.15. The van der Waals surface area contributed by atoms with E-state index in [2.05, 4.69) is 4.98 Å². The molecule has 5 heteroatoms. The van der Waals surface area contributed by atoms with Gasteiger partial charge in [-0.15, -0.1) is 0 Å². The summed E-state index contributed by atoms with van der Waals surface area (Å²) in [6.45, 7) is 2.64. The summed E-state index contributed by atoms with van der Waals surface area (Å²) in [6, 6.07) is 6.83. The number of carbonyl (C=O) groups is 1. The summed E-state index contributed by atoms with van der Waals surface area (Å²) in [7, 11) is 0. The first-order valence-electron chi connectivity index (χ1n) is 7.26. The largest absolute Gasteiger partial charge is 0.467 e. The van der Waals surface area contributed by atoms with Gasteiger partial charge < -0.3 is 14.3 Å². The number of hydrogen-bond donors (Lipinski definition) is 1. The summed E-state index contributed by atoms with van der Waals surface area (Å²) in [5.74, 6) is 0.705. The Labute approximate surface area is 122 Å². The lowest BCUT2D eigenvalue weighted by atomic mass is 10.1. The number of rotatable bonds is 3. The summed E-state index contributed by atoms with van der Waals surface area (Å²) in [5, 5.41) is 0. The Morgan fingerprint density at radius 3 is 3.05 bits per heavy atom. The van der Waals surface area contributed by atoms with E-state index in [-0.39, 0.29) is 17.5 Å². The van der Waals surface area contributed by atoms with Crippen LogP contribution in [0.1, 0.15) is 47.6 Å². The molecule has 1 N–H and O–H groups in total. The average molecular weight is 286 g/mol. The third kappa shape index (κ3) is 2.63. The van der Waals surface area contributed by atoms with Crippen LogP contribution >= 0.6 is 0 Å². The lowest BCUT2D eigenvalue weighted by molar-refractivity contribution is 0.0719. The molecular formula is C16H18N2O3. The van der Waals surface area contributed by atoms with Gasteiger partial charge in [-0.3, -0.25) is 9.59 Å². The van der Waals surface area contributed by atoms with Crippen LogP contribution in [0.15, 0.2) is 39.7 Å². The van der Waals surface area contributed by atoms with Gasteiger partial charge >= 0.3 is 0 Å². The minimum Gasteiger partial charge on any atom is -0.467 e. The normalized spacial score (nSPS) is 18.1. The Kier molecular flexibility index (Phi) is 3.64. The minimum atomic E-state index is -0.230. The van der Waals surface area contributed by atoms with Crippen LogP contribution in [0.3, 0.4) is 0 Å². The van der Waals surface area contributed by atoms with Crippen LogP contribution in [0.25, 0.3) is 0 Å². The topological polar surface area (TPSA) is 66.3 Å².